The van der Waals surface area contributed by atoms with E-state index in [0.717, 1.165) is 37.0 Å². The molecule has 1 aliphatic carbocycles. The molecule has 0 heterocycles. The molecule has 0 saturated heterocycles. The molecule has 2 aromatic rings. The van der Waals surface area contributed by atoms with Gasteiger partial charge in [0.2, 0.25) is 11.8 Å². The van der Waals surface area contributed by atoms with E-state index in [9.17, 15) is 14.0 Å². The van der Waals surface area contributed by atoms with Crippen molar-refractivity contribution in [2.75, 3.05) is 5.75 Å². The van der Waals surface area contributed by atoms with Crippen molar-refractivity contribution in [2.24, 2.45) is 0 Å². The number of hydrogen-bond acceptors (Lipinski definition) is 3. The molecule has 0 spiro atoms. The second kappa shape index (κ2) is 13.4. The van der Waals surface area contributed by atoms with Crippen molar-refractivity contribution in [1.29, 1.82) is 0 Å². The van der Waals surface area contributed by atoms with Gasteiger partial charge in [-0.1, -0.05) is 68.7 Å². The van der Waals surface area contributed by atoms with Crippen LogP contribution in [-0.2, 0) is 21.9 Å². The Morgan fingerprint density at radius 2 is 1.73 bits per heavy atom. The molecular weight excluding hydrogens is 435 g/mol. The Morgan fingerprint density at radius 3 is 2.39 bits per heavy atom. The van der Waals surface area contributed by atoms with Crippen molar-refractivity contribution in [3.8, 4) is 0 Å². The lowest BCUT2D eigenvalue weighted by Gasteiger charge is -2.33. The molecule has 6 heteroatoms. The monoisotopic (exact) mass is 470 g/mol. The summed E-state index contributed by atoms with van der Waals surface area (Å²) in [7, 11) is 0. The molecule has 1 fully saturated rings. The van der Waals surface area contributed by atoms with Gasteiger partial charge in [-0.3, -0.25) is 9.59 Å². The minimum absolute atomic E-state index is 0.0365. The fraction of sp³-hybridized carbons (Fsp3) is 0.481. The molecule has 178 valence electrons. The van der Waals surface area contributed by atoms with E-state index in [0.29, 0.717) is 25.1 Å². The molecule has 0 aromatic heterocycles. The van der Waals surface area contributed by atoms with Crippen LogP contribution in [0.3, 0.4) is 0 Å². The van der Waals surface area contributed by atoms with Gasteiger partial charge in [0.1, 0.15) is 11.9 Å². The van der Waals surface area contributed by atoms with Gasteiger partial charge in [0, 0.05) is 30.5 Å². The normalized spacial score (nSPS) is 15.1. The number of carbonyl (C=O) groups is 2. The van der Waals surface area contributed by atoms with Crippen molar-refractivity contribution >= 4 is 23.6 Å². The van der Waals surface area contributed by atoms with Gasteiger partial charge in [-0.25, -0.2) is 4.39 Å². The van der Waals surface area contributed by atoms with E-state index in [1.54, 1.807) is 28.8 Å². The highest BCUT2D eigenvalue weighted by Crippen LogP contribution is 2.20. The van der Waals surface area contributed by atoms with Gasteiger partial charge in [0.25, 0.3) is 0 Å². The summed E-state index contributed by atoms with van der Waals surface area (Å²) in [4.78, 5) is 28.1. The predicted molar refractivity (Wildman–Crippen MR) is 133 cm³/mol. The van der Waals surface area contributed by atoms with Crippen LogP contribution in [-0.4, -0.2) is 34.6 Å². The SMILES string of the molecule is CC[C@@H](C(=O)NC1CCCCC1)N(Cc1ccc(F)cc1)C(=O)CCSCc1ccccc1. The second-order valence-corrected chi connectivity index (χ2v) is 9.81. The summed E-state index contributed by atoms with van der Waals surface area (Å²) in [5, 5.41) is 3.19. The summed E-state index contributed by atoms with van der Waals surface area (Å²) in [5.41, 5.74) is 2.06. The van der Waals surface area contributed by atoms with E-state index in [2.05, 4.69) is 17.4 Å². The number of amides is 2. The van der Waals surface area contributed by atoms with E-state index in [-0.39, 0.29) is 23.7 Å². The van der Waals surface area contributed by atoms with Gasteiger partial charge in [-0.05, 0) is 42.5 Å². The van der Waals surface area contributed by atoms with Crippen molar-refractivity contribution < 1.29 is 14.0 Å². The summed E-state index contributed by atoms with van der Waals surface area (Å²) < 4.78 is 13.4. The van der Waals surface area contributed by atoms with Gasteiger partial charge in [0.05, 0.1) is 0 Å². The highest BCUT2D eigenvalue weighted by molar-refractivity contribution is 7.98. The summed E-state index contributed by atoms with van der Waals surface area (Å²) in [6.45, 7) is 2.25. The fourth-order valence-electron chi connectivity index (χ4n) is 4.32. The smallest absolute Gasteiger partial charge is 0.243 e. The predicted octanol–water partition coefficient (Wildman–Crippen LogP) is 5.71. The molecule has 3 rings (SSSR count). The molecule has 1 N–H and O–H groups in total. The molecule has 1 aliphatic rings. The molecule has 0 radical (unpaired) electrons. The number of thioether (sulfide) groups is 1. The third kappa shape index (κ3) is 8.18. The zero-order valence-electron chi connectivity index (χ0n) is 19.5. The third-order valence-corrected chi connectivity index (χ3v) is 7.21. The van der Waals surface area contributed by atoms with Gasteiger partial charge in [0.15, 0.2) is 0 Å². The van der Waals surface area contributed by atoms with Gasteiger partial charge < -0.3 is 10.2 Å². The van der Waals surface area contributed by atoms with Crippen LogP contribution >= 0.6 is 11.8 Å². The molecule has 2 amide bonds. The average Bonchev–Trinajstić information content (AvgIpc) is 2.84. The molecule has 1 saturated carbocycles. The van der Waals surface area contributed by atoms with Crippen LogP contribution in [0.5, 0.6) is 0 Å². The fourth-order valence-corrected chi connectivity index (χ4v) is 5.21. The zero-order valence-corrected chi connectivity index (χ0v) is 20.3. The maximum Gasteiger partial charge on any atom is 0.243 e. The lowest BCUT2D eigenvalue weighted by Crippen LogP contribution is -2.51. The molecule has 2 aromatic carbocycles. The van der Waals surface area contributed by atoms with E-state index >= 15 is 0 Å². The van der Waals surface area contributed by atoms with Crippen molar-refractivity contribution in [3.05, 3.63) is 71.5 Å². The quantitative estimate of drug-likeness (QED) is 0.428. The summed E-state index contributed by atoms with van der Waals surface area (Å²) in [6, 6.07) is 16.0. The minimum atomic E-state index is -0.524. The number of halogens is 1. The Bertz CT molecular complexity index is 869. The molecule has 4 nitrogen and oxygen atoms in total. The summed E-state index contributed by atoms with van der Waals surface area (Å²) in [5.74, 6) is 1.12. The molecule has 0 bridgehead atoms. The molecular formula is C27H35FN2O2S. The molecule has 1 atom stereocenters. The maximum atomic E-state index is 13.4. The second-order valence-electron chi connectivity index (χ2n) is 8.70. The number of nitrogens with zero attached hydrogens (tertiary/aromatic N) is 1. The standard InChI is InChI=1S/C27H35FN2O2S/c1-2-25(27(32)29-24-11-7-4-8-12-24)30(19-21-13-15-23(28)16-14-21)26(31)17-18-33-20-22-9-5-3-6-10-22/h3,5-6,9-10,13-16,24-25H,2,4,7-8,11-12,17-20H2,1H3,(H,29,32)/t25-/m0/s1. The zero-order chi connectivity index (χ0) is 23.5. The van der Waals surface area contributed by atoms with Gasteiger partial charge in [-0.15, -0.1) is 0 Å². The molecule has 0 unspecified atom stereocenters. The van der Waals surface area contributed by atoms with E-state index < -0.39 is 6.04 Å². The lowest BCUT2D eigenvalue weighted by molar-refractivity contribution is -0.141. The van der Waals surface area contributed by atoms with Crippen LogP contribution in [0.25, 0.3) is 0 Å². The maximum absolute atomic E-state index is 13.4. The summed E-state index contributed by atoms with van der Waals surface area (Å²) in [6.07, 6.45) is 6.42. The lowest BCUT2D eigenvalue weighted by atomic mass is 9.95. The first-order valence-electron chi connectivity index (χ1n) is 12.0. The van der Waals surface area contributed by atoms with E-state index in [1.165, 1.54) is 24.1 Å². The number of benzene rings is 2. The van der Waals surface area contributed by atoms with Crippen LogP contribution < -0.4 is 5.32 Å². The Hall–Kier alpha value is -2.34. The van der Waals surface area contributed by atoms with Crippen molar-refractivity contribution in [2.45, 2.75) is 76.3 Å². The van der Waals surface area contributed by atoms with Crippen LogP contribution in [0.1, 0.15) is 63.0 Å². The topological polar surface area (TPSA) is 49.4 Å². The Kier molecular flexibility index (Phi) is 10.3. The first-order valence-corrected chi connectivity index (χ1v) is 13.2. The van der Waals surface area contributed by atoms with Crippen LogP contribution in [0, 0.1) is 5.82 Å². The third-order valence-electron chi connectivity index (χ3n) is 6.18. The van der Waals surface area contributed by atoms with Crippen LogP contribution in [0.2, 0.25) is 0 Å². The van der Waals surface area contributed by atoms with Crippen LogP contribution in [0.4, 0.5) is 4.39 Å². The van der Waals surface area contributed by atoms with Crippen LogP contribution in [0.15, 0.2) is 54.6 Å². The van der Waals surface area contributed by atoms with Gasteiger partial charge in [-0.2, -0.15) is 11.8 Å². The summed E-state index contributed by atoms with van der Waals surface area (Å²) >= 11 is 1.72. The number of carbonyl (C=O) groups excluding carboxylic acids is 2. The Balaban J connectivity index is 1.64. The molecule has 0 aliphatic heterocycles. The van der Waals surface area contributed by atoms with Crippen molar-refractivity contribution in [3.63, 3.8) is 0 Å². The largest absolute Gasteiger partial charge is 0.352 e. The number of rotatable bonds is 11. The first-order chi connectivity index (χ1) is 16.1. The highest BCUT2D eigenvalue weighted by atomic mass is 32.2. The highest BCUT2D eigenvalue weighted by Gasteiger charge is 2.30. The minimum Gasteiger partial charge on any atom is -0.352 e. The van der Waals surface area contributed by atoms with E-state index in [1.807, 2.05) is 25.1 Å². The van der Waals surface area contributed by atoms with Crippen molar-refractivity contribution in [1.82, 2.24) is 10.2 Å². The number of hydrogen-bond donors (Lipinski definition) is 1. The number of nitrogens with one attached hydrogen (secondary N) is 1. The Morgan fingerprint density at radius 1 is 1.03 bits per heavy atom. The average molecular weight is 471 g/mol. The first kappa shape index (κ1) is 25.3. The van der Waals surface area contributed by atoms with Gasteiger partial charge >= 0.3 is 0 Å². The Labute approximate surface area is 201 Å². The molecule has 33 heavy (non-hydrogen) atoms. The van der Waals surface area contributed by atoms with E-state index in [4.69, 9.17) is 0 Å².